The Kier molecular flexibility index (Phi) is 2.96. The van der Waals surface area contributed by atoms with E-state index in [1.165, 1.54) is 0 Å². The molecule has 0 spiro atoms. The van der Waals surface area contributed by atoms with E-state index in [-0.39, 0.29) is 5.41 Å². The van der Waals surface area contributed by atoms with Crippen molar-refractivity contribution in [1.82, 2.24) is 4.98 Å². The average molecular weight is 319 g/mol. The normalized spacial score (nSPS) is 16.9. The van der Waals surface area contributed by atoms with Crippen molar-refractivity contribution in [2.75, 3.05) is 0 Å². The Bertz CT molecular complexity index is 605. The first-order chi connectivity index (χ1) is 8.73. The molecule has 0 amide bonds. The Labute approximate surface area is 118 Å². The highest BCUT2D eigenvalue weighted by Crippen LogP contribution is 2.44. The highest BCUT2D eigenvalue weighted by Gasteiger charge is 2.41. The van der Waals surface area contributed by atoms with Crippen LogP contribution in [0.1, 0.15) is 25.0 Å². The zero-order valence-corrected chi connectivity index (χ0v) is 12.1. The van der Waals surface area contributed by atoms with E-state index in [0.717, 1.165) is 40.0 Å². The van der Waals surface area contributed by atoms with E-state index in [1.807, 2.05) is 29.6 Å². The lowest BCUT2D eigenvalue weighted by molar-refractivity contribution is 0.317. The lowest BCUT2D eigenvalue weighted by Gasteiger charge is -2.33. The molecule has 0 radical (unpaired) electrons. The molecule has 1 aromatic heterocycles. The molecule has 0 saturated heterocycles. The molecular formula is C14H11BrN2S. The molecule has 0 atom stereocenters. The van der Waals surface area contributed by atoms with Crippen LogP contribution in [-0.4, -0.2) is 4.98 Å². The van der Waals surface area contributed by atoms with Crippen LogP contribution in [0, 0.1) is 11.3 Å². The summed E-state index contributed by atoms with van der Waals surface area (Å²) >= 11 is 5.05. The summed E-state index contributed by atoms with van der Waals surface area (Å²) in [6.45, 7) is 0. The van der Waals surface area contributed by atoms with Crippen LogP contribution < -0.4 is 0 Å². The number of aromatic nitrogens is 1. The van der Waals surface area contributed by atoms with Crippen LogP contribution in [0.5, 0.6) is 0 Å². The molecule has 0 N–H and O–H groups in total. The fourth-order valence-corrected chi connectivity index (χ4v) is 3.36. The summed E-state index contributed by atoms with van der Waals surface area (Å²) in [7, 11) is 0. The third-order valence-corrected chi connectivity index (χ3v) is 4.93. The van der Waals surface area contributed by atoms with Gasteiger partial charge >= 0.3 is 0 Å². The summed E-state index contributed by atoms with van der Waals surface area (Å²) in [4.78, 5) is 4.66. The van der Waals surface area contributed by atoms with Gasteiger partial charge in [-0.25, -0.2) is 4.98 Å². The van der Waals surface area contributed by atoms with E-state index in [2.05, 4.69) is 27.0 Å². The molecular weight excluding hydrogens is 308 g/mol. The second kappa shape index (κ2) is 4.49. The molecule has 0 unspecified atom stereocenters. The molecule has 90 valence electrons. The molecule has 18 heavy (non-hydrogen) atoms. The number of thiazole rings is 1. The second-order valence-electron chi connectivity index (χ2n) is 4.59. The molecule has 3 rings (SSSR count). The minimum absolute atomic E-state index is 0.301. The number of nitriles is 1. The number of halogens is 1. The Morgan fingerprint density at radius 2 is 2.00 bits per heavy atom. The van der Waals surface area contributed by atoms with E-state index in [1.54, 1.807) is 11.3 Å². The van der Waals surface area contributed by atoms with Crippen molar-refractivity contribution in [3.63, 3.8) is 0 Å². The first-order valence-corrected chi connectivity index (χ1v) is 7.54. The molecule has 4 heteroatoms. The largest absolute Gasteiger partial charge is 0.239 e. The van der Waals surface area contributed by atoms with Gasteiger partial charge in [0.25, 0.3) is 0 Å². The van der Waals surface area contributed by atoms with Crippen LogP contribution >= 0.6 is 27.3 Å². The maximum Gasteiger partial charge on any atom is 0.123 e. The predicted octanol–water partition coefficient (Wildman–Crippen LogP) is 4.52. The summed E-state index contributed by atoms with van der Waals surface area (Å²) < 4.78 is 1.07. The predicted molar refractivity (Wildman–Crippen MR) is 76.4 cm³/mol. The highest BCUT2D eigenvalue weighted by atomic mass is 79.9. The number of nitrogens with zero attached hydrogens (tertiary/aromatic N) is 2. The molecule has 0 aliphatic heterocycles. The summed E-state index contributed by atoms with van der Waals surface area (Å²) in [5, 5.41) is 12.4. The first kappa shape index (κ1) is 11.9. The Morgan fingerprint density at radius 1 is 1.28 bits per heavy atom. The maximum absolute atomic E-state index is 9.31. The van der Waals surface area contributed by atoms with Crippen LogP contribution in [0.25, 0.3) is 10.6 Å². The molecule has 1 aliphatic rings. The van der Waals surface area contributed by atoms with Gasteiger partial charge in [-0.2, -0.15) is 5.26 Å². The van der Waals surface area contributed by atoms with E-state index < -0.39 is 0 Å². The summed E-state index contributed by atoms with van der Waals surface area (Å²) in [5.41, 5.74) is 1.77. The fraction of sp³-hybridized carbons (Fsp3) is 0.286. The van der Waals surface area contributed by atoms with E-state index in [9.17, 15) is 5.26 Å². The van der Waals surface area contributed by atoms with Gasteiger partial charge in [0.2, 0.25) is 0 Å². The van der Waals surface area contributed by atoms with E-state index in [4.69, 9.17) is 0 Å². The lowest BCUT2D eigenvalue weighted by Crippen LogP contribution is -2.32. The van der Waals surface area contributed by atoms with E-state index in [0.29, 0.717) is 0 Å². The lowest BCUT2D eigenvalue weighted by atomic mass is 9.68. The Morgan fingerprint density at radius 3 is 2.56 bits per heavy atom. The quantitative estimate of drug-likeness (QED) is 0.816. The average Bonchev–Trinajstić information content (AvgIpc) is 2.79. The van der Waals surface area contributed by atoms with Crippen molar-refractivity contribution in [3.05, 3.63) is 39.8 Å². The first-order valence-electron chi connectivity index (χ1n) is 5.87. The molecule has 1 aromatic carbocycles. The van der Waals surface area contributed by atoms with Gasteiger partial charge in [0, 0.05) is 15.4 Å². The minimum atomic E-state index is -0.301. The Hall–Kier alpha value is -1.18. The van der Waals surface area contributed by atoms with Gasteiger partial charge in [-0.15, -0.1) is 11.3 Å². The number of hydrogen-bond donors (Lipinski definition) is 0. The van der Waals surface area contributed by atoms with Crippen molar-refractivity contribution >= 4 is 27.3 Å². The van der Waals surface area contributed by atoms with Crippen LogP contribution in [0.4, 0.5) is 0 Å². The van der Waals surface area contributed by atoms with Gasteiger partial charge in [0.1, 0.15) is 10.4 Å². The fourth-order valence-electron chi connectivity index (χ4n) is 2.17. The minimum Gasteiger partial charge on any atom is -0.239 e. The van der Waals surface area contributed by atoms with Gasteiger partial charge in [0.05, 0.1) is 11.8 Å². The van der Waals surface area contributed by atoms with Crippen LogP contribution in [0.3, 0.4) is 0 Å². The monoisotopic (exact) mass is 318 g/mol. The number of benzene rings is 1. The maximum atomic E-state index is 9.31. The number of rotatable bonds is 2. The summed E-state index contributed by atoms with van der Waals surface area (Å²) in [6, 6.07) is 10.6. The van der Waals surface area contributed by atoms with Gasteiger partial charge in [-0.3, -0.25) is 0 Å². The third kappa shape index (κ3) is 1.88. The molecule has 1 aliphatic carbocycles. The zero-order chi connectivity index (χ0) is 12.6. The second-order valence-corrected chi connectivity index (χ2v) is 6.37. The van der Waals surface area contributed by atoms with Gasteiger partial charge in [0.15, 0.2) is 0 Å². The molecule has 0 bridgehead atoms. The van der Waals surface area contributed by atoms with Crippen molar-refractivity contribution in [1.29, 1.82) is 5.26 Å². The highest BCUT2D eigenvalue weighted by molar-refractivity contribution is 9.10. The van der Waals surface area contributed by atoms with Crippen LogP contribution in [0.15, 0.2) is 34.1 Å². The topological polar surface area (TPSA) is 36.7 Å². The van der Waals surface area contributed by atoms with Crippen LogP contribution in [-0.2, 0) is 5.41 Å². The summed E-state index contributed by atoms with van der Waals surface area (Å²) in [5.74, 6) is 0. The molecule has 1 saturated carbocycles. The molecule has 2 aromatic rings. The SMILES string of the molecule is N#CC1(c2csc(-c3ccc(Br)cc3)n2)CCC1. The Balaban J connectivity index is 1.95. The van der Waals surface area contributed by atoms with Crippen molar-refractivity contribution in [2.24, 2.45) is 0 Å². The van der Waals surface area contributed by atoms with Crippen LogP contribution in [0.2, 0.25) is 0 Å². The number of hydrogen-bond acceptors (Lipinski definition) is 3. The molecule has 1 fully saturated rings. The van der Waals surface area contributed by atoms with Gasteiger partial charge in [-0.1, -0.05) is 28.1 Å². The molecule has 1 heterocycles. The summed E-state index contributed by atoms with van der Waals surface area (Å²) in [6.07, 6.45) is 3.04. The zero-order valence-electron chi connectivity index (χ0n) is 9.69. The van der Waals surface area contributed by atoms with Gasteiger partial charge < -0.3 is 0 Å². The van der Waals surface area contributed by atoms with Crippen molar-refractivity contribution < 1.29 is 0 Å². The van der Waals surface area contributed by atoms with Crippen molar-refractivity contribution in [3.8, 4) is 16.6 Å². The molecule has 2 nitrogen and oxygen atoms in total. The van der Waals surface area contributed by atoms with Crippen molar-refractivity contribution in [2.45, 2.75) is 24.7 Å². The smallest absolute Gasteiger partial charge is 0.123 e. The van der Waals surface area contributed by atoms with Gasteiger partial charge in [-0.05, 0) is 31.4 Å². The standard InChI is InChI=1S/C14H11BrN2S/c15-11-4-2-10(3-5-11)13-17-12(8-18-13)14(9-16)6-1-7-14/h2-5,8H,1,6-7H2. The third-order valence-electron chi connectivity index (χ3n) is 3.51. The van der Waals surface area contributed by atoms with E-state index >= 15 is 0 Å².